The molecule has 118 valence electrons. The van der Waals surface area contributed by atoms with E-state index in [9.17, 15) is 9.18 Å². The first-order valence-electron chi connectivity index (χ1n) is 8.23. The molecule has 4 heteroatoms. The minimum Gasteiger partial charge on any atom is -0.361 e. The molecule has 1 amide bonds. The third-order valence-electron chi connectivity index (χ3n) is 4.71. The molecule has 0 radical (unpaired) electrons. The zero-order valence-electron chi connectivity index (χ0n) is 13.1. The minimum atomic E-state index is -0.211. The Hall–Kier alpha value is -1.84. The van der Waals surface area contributed by atoms with E-state index in [0.29, 0.717) is 18.2 Å². The summed E-state index contributed by atoms with van der Waals surface area (Å²) in [6.07, 6.45) is 6.70. The van der Waals surface area contributed by atoms with E-state index in [1.165, 1.54) is 11.6 Å². The first kappa shape index (κ1) is 15.1. The molecule has 1 aromatic heterocycles. The van der Waals surface area contributed by atoms with E-state index in [2.05, 4.69) is 11.9 Å². The van der Waals surface area contributed by atoms with E-state index in [4.69, 9.17) is 0 Å². The Morgan fingerprint density at radius 1 is 1.36 bits per heavy atom. The number of rotatable bonds is 4. The van der Waals surface area contributed by atoms with E-state index in [0.717, 1.165) is 49.7 Å². The summed E-state index contributed by atoms with van der Waals surface area (Å²) in [5, 5.41) is 1.11. The van der Waals surface area contributed by atoms with Crippen LogP contribution in [0.15, 0.2) is 24.4 Å². The number of fused-ring (bicyclic) bond motifs is 1. The van der Waals surface area contributed by atoms with Gasteiger partial charge in [0.2, 0.25) is 5.91 Å². The van der Waals surface area contributed by atoms with E-state index in [1.807, 2.05) is 17.2 Å². The predicted molar refractivity (Wildman–Crippen MR) is 86.3 cm³/mol. The average Bonchev–Trinajstić information content (AvgIpc) is 2.95. The largest absolute Gasteiger partial charge is 0.361 e. The van der Waals surface area contributed by atoms with E-state index in [1.54, 1.807) is 6.07 Å². The third-order valence-corrected chi connectivity index (χ3v) is 4.71. The van der Waals surface area contributed by atoms with Gasteiger partial charge in [-0.25, -0.2) is 4.39 Å². The van der Waals surface area contributed by atoms with E-state index >= 15 is 0 Å². The lowest BCUT2D eigenvalue weighted by Crippen LogP contribution is -2.37. The highest BCUT2D eigenvalue weighted by molar-refractivity contribution is 5.84. The maximum atomic E-state index is 13.3. The zero-order chi connectivity index (χ0) is 15.5. The number of piperidine rings is 1. The van der Waals surface area contributed by atoms with Crippen molar-refractivity contribution in [1.29, 1.82) is 0 Å². The van der Waals surface area contributed by atoms with Gasteiger partial charge in [0.05, 0.1) is 0 Å². The van der Waals surface area contributed by atoms with Crippen LogP contribution in [0, 0.1) is 5.82 Å². The summed E-state index contributed by atoms with van der Waals surface area (Å²) in [5.74, 6) is 0.535. The molecule has 0 spiro atoms. The summed E-state index contributed by atoms with van der Waals surface area (Å²) >= 11 is 0. The van der Waals surface area contributed by atoms with Crippen LogP contribution in [0.1, 0.15) is 50.5 Å². The lowest BCUT2D eigenvalue weighted by molar-refractivity contribution is -0.132. The van der Waals surface area contributed by atoms with Crippen molar-refractivity contribution in [2.75, 3.05) is 13.1 Å². The Kier molecular flexibility index (Phi) is 4.46. The predicted octanol–water partition coefficient (Wildman–Crippen LogP) is 4.20. The normalized spacial score (nSPS) is 16.4. The van der Waals surface area contributed by atoms with Crippen molar-refractivity contribution < 1.29 is 9.18 Å². The second-order valence-corrected chi connectivity index (χ2v) is 6.19. The molecule has 1 aromatic carbocycles. The number of unbranched alkanes of at least 4 members (excludes halogenated alkanes) is 1. The van der Waals surface area contributed by atoms with Crippen molar-refractivity contribution in [2.24, 2.45) is 0 Å². The highest BCUT2D eigenvalue weighted by atomic mass is 19.1. The Balaban J connectivity index is 1.66. The number of nitrogens with zero attached hydrogens (tertiary/aromatic N) is 1. The smallest absolute Gasteiger partial charge is 0.222 e. The van der Waals surface area contributed by atoms with Crippen LogP contribution >= 0.6 is 0 Å². The molecule has 0 unspecified atom stereocenters. The first-order chi connectivity index (χ1) is 10.7. The topological polar surface area (TPSA) is 36.1 Å². The maximum absolute atomic E-state index is 13.3. The van der Waals surface area contributed by atoms with Gasteiger partial charge in [-0.3, -0.25) is 4.79 Å². The molecule has 1 saturated heterocycles. The molecular formula is C18H23FN2O. The van der Waals surface area contributed by atoms with Gasteiger partial charge in [0.25, 0.3) is 0 Å². The number of halogens is 1. The Morgan fingerprint density at radius 2 is 2.14 bits per heavy atom. The highest BCUT2D eigenvalue weighted by Crippen LogP contribution is 2.33. The van der Waals surface area contributed by atoms with Gasteiger partial charge in [-0.1, -0.05) is 13.3 Å². The molecule has 22 heavy (non-hydrogen) atoms. The lowest BCUT2D eigenvalue weighted by Gasteiger charge is -2.32. The van der Waals surface area contributed by atoms with Crippen LogP contribution in [0.25, 0.3) is 10.9 Å². The number of likely N-dealkylation sites (tertiary alicyclic amines) is 1. The number of carbonyl (C=O) groups excluding carboxylic acids is 1. The molecule has 3 nitrogen and oxygen atoms in total. The van der Waals surface area contributed by atoms with Crippen LogP contribution in [0.4, 0.5) is 4.39 Å². The van der Waals surface area contributed by atoms with Gasteiger partial charge in [-0.15, -0.1) is 0 Å². The van der Waals surface area contributed by atoms with Crippen molar-refractivity contribution in [3.05, 3.63) is 35.8 Å². The van der Waals surface area contributed by atoms with Crippen LogP contribution in [0.3, 0.4) is 0 Å². The second-order valence-electron chi connectivity index (χ2n) is 6.19. The summed E-state index contributed by atoms with van der Waals surface area (Å²) in [6.45, 7) is 3.78. The fourth-order valence-electron chi connectivity index (χ4n) is 3.38. The average molecular weight is 302 g/mol. The lowest BCUT2D eigenvalue weighted by atomic mass is 9.89. The molecular weight excluding hydrogens is 279 g/mol. The van der Waals surface area contributed by atoms with Crippen molar-refractivity contribution in [2.45, 2.75) is 44.9 Å². The molecule has 0 atom stereocenters. The van der Waals surface area contributed by atoms with Crippen LogP contribution in [0.5, 0.6) is 0 Å². The van der Waals surface area contributed by atoms with Gasteiger partial charge < -0.3 is 9.88 Å². The number of amides is 1. The summed E-state index contributed by atoms with van der Waals surface area (Å²) in [4.78, 5) is 17.2. The molecule has 1 N–H and O–H groups in total. The van der Waals surface area contributed by atoms with E-state index < -0.39 is 0 Å². The fourth-order valence-corrected chi connectivity index (χ4v) is 3.38. The molecule has 3 rings (SSSR count). The number of aromatic nitrogens is 1. The fraction of sp³-hybridized carbons (Fsp3) is 0.500. The molecule has 1 fully saturated rings. The number of nitrogens with one attached hydrogen (secondary N) is 1. The molecule has 0 aliphatic carbocycles. The van der Waals surface area contributed by atoms with Crippen LogP contribution in [0.2, 0.25) is 0 Å². The number of aromatic amines is 1. The molecule has 1 aliphatic rings. The van der Waals surface area contributed by atoms with Gasteiger partial charge in [0, 0.05) is 36.6 Å². The number of benzene rings is 1. The van der Waals surface area contributed by atoms with Crippen LogP contribution in [-0.4, -0.2) is 28.9 Å². The number of carbonyl (C=O) groups is 1. The first-order valence-corrected chi connectivity index (χ1v) is 8.23. The quantitative estimate of drug-likeness (QED) is 0.902. The summed E-state index contributed by atoms with van der Waals surface area (Å²) in [7, 11) is 0. The Morgan fingerprint density at radius 3 is 2.86 bits per heavy atom. The number of hydrogen-bond acceptors (Lipinski definition) is 1. The molecule has 0 saturated carbocycles. The number of H-pyrrole nitrogens is 1. The van der Waals surface area contributed by atoms with Crippen molar-refractivity contribution in [3.63, 3.8) is 0 Å². The van der Waals surface area contributed by atoms with E-state index in [-0.39, 0.29) is 5.82 Å². The standard InChI is InChI=1S/C18H23FN2O/c1-2-3-4-18(22)21-9-7-13(8-10-21)16-12-20-17-11-14(19)5-6-15(16)17/h5-6,11-13,20H,2-4,7-10H2,1H3. The SMILES string of the molecule is CCCCC(=O)N1CCC(c2c[nH]c3cc(F)ccc23)CC1. The number of hydrogen-bond donors (Lipinski definition) is 1. The highest BCUT2D eigenvalue weighted by Gasteiger charge is 2.25. The van der Waals surface area contributed by atoms with Gasteiger partial charge in [0.1, 0.15) is 5.82 Å². The summed E-state index contributed by atoms with van der Waals surface area (Å²) < 4.78 is 13.3. The molecule has 2 aromatic rings. The third kappa shape index (κ3) is 3.01. The van der Waals surface area contributed by atoms with Gasteiger partial charge in [-0.05, 0) is 48.9 Å². The summed E-state index contributed by atoms with van der Waals surface area (Å²) in [6, 6.07) is 4.92. The Labute approximate surface area is 130 Å². The minimum absolute atomic E-state index is 0.211. The van der Waals surface area contributed by atoms with Gasteiger partial charge >= 0.3 is 0 Å². The molecule has 2 heterocycles. The van der Waals surface area contributed by atoms with Crippen molar-refractivity contribution >= 4 is 16.8 Å². The van der Waals surface area contributed by atoms with Crippen LogP contribution in [-0.2, 0) is 4.79 Å². The monoisotopic (exact) mass is 302 g/mol. The Bertz CT molecular complexity index is 656. The second kappa shape index (κ2) is 6.51. The zero-order valence-corrected chi connectivity index (χ0v) is 13.1. The van der Waals surface area contributed by atoms with Gasteiger partial charge in [-0.2, -0.15) is 0 Å². The van der Waals surface area contributed by atoms with Crippen molar-refractivity contribution in [1.82, 2.24) is 9.88 Å². The molecule has 0 bridgehead atoms. The maximum Gasteiger partial charge on any atom is 0.222 e. The van der Waals surface area contributed by atoms with Crippen LogP contribution < -0.4 is 0 Å². The molecule has 1 aliphatic heterocycles. The van der Waals surface area contributed by atoms with Gasteiger partial charge in [0.15, 0.2) is 0 Å². The summed E-state index contributed by atoms with van der Waals surface area (Å²) in [5.41, 5.74) is 2.12. The van der Waals surface area contributed by atoms with Crippen molar-refractivity contribution in [3.8, 4) is 0 Å².